The van der Waals surface area contributed by atoms with Gasteiger partial charge in [-0.15, -0.1) is 0 Å². The van der Waals surface area contributed by atoms with E-state index in [0.29, 0.717) is 5.69 Å². The smallest absolute Gasteiger partial charge is 0.412 e. The Morgan fingerprint density at radius 1 is 1.33 bits per heavy atom. The third-order valence-electron chi connectivity index (χ3n) is 1.91. The van der Waals surface area contributed by atoms with Gasteiger partial charge in [-0.05, 0) is 39.0 Å². The highest BCUT2D eigenvalue weighted by Gasteiger charge is 2.18. The Bertz CT molecular complexity index is 477. The lowest BCUT2D eigenvalue weighted by Gasteiger charge is -2.20. The molecule has 0 unspecified atom stereocenters. The van der Waals surface area contributed by atoms with Crippen molar-refractivity contribution in [3.8, 4) is 0 Å². The molecule has 1 rings (SSSR count). The van der Waals surface area contributed by atoms with Crippen LogP contribution < -0.4 is 11.1 Å². The maximum Gasteiger partial charge on any atom is 0.412 e. The summed E-state index contributed by atoms with van der Waals surface area (Å²) in [5.74, 6) is -1.15. The lowest BCUT2D eigenvalue weighted by atomic mass is 10.1. The SMILES string of the molecule is CC(C)(C)OC(=O)Nc1cc(N)ccc1C(=O)O. The van der Waals surface area contributed by atoms with E-state index in [0.717, 1.165) is 0 Å². The molecule has 4 N–H and O–H groups in total. The van der Waals surface area contributed by atoms with Crippen LogP contribution in [0.15, 0.2) is 18.2 Å². The molecule has 0 aliphatic carbocycles. The van der Waals surface area contributed by atoms with Gasteiger partial charge in [0.2, 0.25) is 0 Å². The van der Waals surface area contributed by atoms with Gasteiger partial charge in [0, 0.05) is 5.69 Å². The second kappa shape index (κ2) is 4.95. The fourth-order valence-electron chi connectivity index (χ4n) is 1.27. The molecular weight excluding hydrogens is 236 g/mol. The first-order valence-corrected chi connectivity index (χ1v) is 5.32. The van der Waals surface area contributed by atoms with E-state index in [2.05, 4.69) is 5.32 Å². The molecule has 0 saturated heterocycles. The lowest BCUT2D eigenvalue weighted by Crippen LogP contribution is -2.27. The van der Waals surface area contributed by atoms with Crippen molar-refractivity contribution in [3.63, 3.8) is 0 Å². The summed E-state index contributed by atoms with van der Waals surface area (Å²) in [6.07, 6.45) is -0.726. The number of hydrogen-bond acceptors (Lipinski definition) is 4. The van der Waals surface area contributed by atoms with Crippen LogP contribution in [0, 0.1) is 0 Å². The molecule has 0 heterocycles. The van der Waals surface area contributed by atoms with E-state index in [4.69, 9.17) is 15.6 Å². The molecule has 1 amide bonds. The third-order valence-corrected chi connectivity index (χ3v) is 1.91. The molecule has 0 saturated carbocycles. The first-order chi connectivity index (χ1) is 8.19. The molecule has 98 valence electrons. The van der Waals surface area contributed by atoms with Crippen molar-refractivity contribution >= 4 is 23.4 Å². The number of carboxylic acid groups (broad SMARTS) is 1. The van der Waals surface area contributed by atoms with Crippen molar-refractivity contribution in [1.82, 2.24) is 0 Å². The van der Waals surface area contributed by atoms with Gasteiger partial charge in [0.25, 0.3) is 0 Å². The van der Waals surface area contributed by atoms with Crippen LogP contribution in [-0.4, -0.2) is 22.8 Å². The maximum absolute atomic E-state index is 11.5. The zero-order valence-electron chi connectivity index (χ0n) is 10.5. The number of nitrogen functional groups attached to an aromatic ring is 1. The second-order valence-corrected chi connectivity index (χ2v) is 4.74. The molecular formula is C12H16N2O4. The van der Waals surface area contributed by atoms with Gasteiger partial charge in [-0.1, -0.05) is 0 Å². The van der Waals surface area contributed by atoms with Crippen molar-refractivity contribution < 1.29 is 19.4 Å². The number of carbonyl (C=O) groups excluding carboxylic acids is 1. The molecule has 1 aromatic carbocycles. The molecule has 0 aromatic heterocycles. The summed E-state index contributed by atoms with van der Waals surface area (Å²) in [6, 6.07) is 4.14. The molecule has 0 spiro atoms. The van der Waals surface area contributed by atoms with Crippen LogP contribution in [0.2, 0.25) is 0 Å². The third kappa shape index (κ3) is 3.97. The predicted octanol–water partition coefficient (Wildman–Crippen LogP) is 2.31. The largest absolute Gasteiger partial charge is 0.478 e. The number of anilines is 2. The van der Waals surface area contributed by atoms with Crippen LogP contribution in [0.5, 0.6) is 0 Å². The van der Waals surface area contributed by atoms with Gasteiger partial charge >= 0.3 is 12.1 Å². The van der Waals surface area contributed by atoms with E-state index in [-0.39, 0.29) is 11.3 Å². The van der Waals surface area contributed by atoms with E-state index in [1.165, 1.54) is 18.2 Å². The first kappa shape index (κ1) is 13.8. The van der Waals surface area contributed by atoms with Crippen molar-refractivity contribution in [1.29, 1.82) is 0 Å². The minimum atomic E-state index is -1.15. The second-order valence-electron chi connectivity index (χ2n) is 4.74. The van der Waals surface area contributed by atoms with Crippen LogP contribution in [0.3, 0.4) is 0 Å². The van der Waals surface area contributed by atoms with Gasteiger partial charge in [-0.25, -0.2) is 9.59 Å². The normalized spacial score (nSPS) is 10.8. The van der Waals surface area contributed by atoms with Crippen molar-refractivity contribution in [2.45, 2.75) is 26.4 Å². The molecule has 6 nitrogen and oxygen atoms in total. The summed E-state index contributed by atoms with van der Waals surface area (Å²) in [4.78, 5) is 22.5. The van der Waals surface area contributed by atoms with Crippen molar-refractivity contribution in [2.24, 2.45) is 0 Å². The quantitative estimate of drug-likeness (QED) is 0.701. The van der Waals surface area contributed by atoms with Gasteiger partial charge < -0.3 is 15.6 Å². The summed E-state index contributed by atoms with van der Waals surface area (Å²) < 4.78 is 5.03. The standard InChI is InChI=1S/C12H16N2O4/c1-12(2,3)18-11(17)14-9-6-7(13)4-5-8(9)10(15)16/h4-6H,13H2,1-3H3,(H,14,17)(H,15,16). The van der Waals surface area contributed by atoms with Crippen LogP contribution in [-0.2, 0) is 4.74 Å². The molecule has 0 fully saturated rings. The Labute approximate surface area is 105 Å². The summed E-state index contributed by atoms with van der Waals surface area (Å²) in [5, 5.41) is 11.3. The summed E-state index contributed by atoms with van der Waals surface area (Å²) >= 11 is 0. The fourth-order valence-corrected chi connectivity index (χ4v) is 1.27. The topological polar surface area (TPSA) is 102 Å². The minimum absolute atomic E-state index is 0.0462. The number of benzene rings is 1. The molecule has 6 heteroatoms. The van der Waals surface area contributed by atoms with Crippen LogP contribution >= 0.6 is 0 Å². The minimum Gasteiger partial charge on any atom is -0.478 e. The maximum atomic E-state index is 11.5. The average Bonchev–Trinajstić information content (AvgIpc) is 2.13. The number of carboxylic acids is 1. The Balaban J connectivity index is 2.93. The van der Waals surface area contributed by atoms with Gasteiger partial charge in [-0.2, -0.15) is 0 Å². The highest BCUT2D eigenvalue weighted by atomic mass is 16.6. The molecule has 0 bridgehead atoms. The average molecular weight is 252 g/mol. The molecule has 0 aliphatic heterocycles. The van der Waals surface area contributed by atoms with Crippen LogP contribution in [0.4, 0.5) is 16.2 Å². The molecule has 18 heavy (non-hydrogen) atoms. The number of carbonyl (C=O) groups is 2. The number of aromatic carboxylic acids is 1. The van der Waals surface area contributed by atoms with E-state index in [9.17, 15) is 9.59 Å². The number of rotatable bonds is 2. The summed E-state index contributed by atoms with van der Waals surface area (Å²) in [6.45, 7) is 5.14. The number of nitrogens with one attached hydrogen (secondary N) is 1. The monoisotopic (exact) mass is 252 g/mol. The molecule has 0 aliphatic rings. The van der Waals surface area contributed by atoms with E-state index < -0.39 is 17.7 Å². The van der Waals surface area contributed by atoms with E-state index >= 15 is 0 Å². The number of hydrogen-bond donors (Lipinski definition) is 3. The van der Waals surface area contributed by atoms with E-state index in [1.807, 2.05) is 0 Å². The van der Waals surface area contributed by atoms with Crippen molar-refractivity contribution in [2.75, 3.05) is 11.1 Å². The van der Waals surface area contributed by atoms with Gasteiger partial charge in [0.05, 0.1) is 11.3 Å². The Hall–Kier alpha value is -2.24. The highest BCUT2D eigenvalue weighted by Crippen LogP contribution is 2.20. The zero-order chi connectivity index (χ0) is 13.9. The number of ether oxygens (including phenoxy) is 1. The Kier molecular flexibility index (Phi) is 3.80. The zero-order valence-corrected chi connectivity index (χ0v) is 10.5. The number of nitrogens with two attached hydrogens (primary N) is 1. The number of amides is 1. The summed E-state index contributed by atoms with van der Waals surface area (Å²) in [7, 11) is 0. The van der Waals surface area contributed by atoms with E-state index in [1.54, 1.807) is 20.8 Å². The van der Waals surface area contributed by atoms with Crippen LogP contribution in [0.1, 0.15) is 31.1 Å². The first-order valence-electron chi connectivity index (χ1n) is 5.32. The Morgan fingerprint density at radius 3 is 2.44 bits per heavy atom. The van der Waals surface area contributed by atoms with Gasteiger partial charge in [-0.3, -0.25) is 5.32 Å². The fraction of sp³-hybridized carbons (Fsp3) is 0.333. The van der Waals surface area contributed by atoms with Crippen molar-refractivity contribution in [3.05, 3.63) is 23.8 Å². The molecule has 1 aromatic rings. The predicted molar refractivity (Wildman–Crippen MR) is 67.7 cm³/mol. The lowest BCUT2D eigenvalue weighted by molar-refractivity contribution is 0.0636. The van der Waals surface area contributed by atoms with Gasteiger partial charge in [0.15, 0.2) is 0 Å². The highest BCUT2D eigenvalue weighted by molar-refractivity contribution is 5.99. The Morgan fingerprint density at radius 2 is 1.94 bits per heavy atom. The van der Waals surface area contributed by atoms with Crippen LogP contribution in [0.25, 0.3) is 0 Å². The molecule has 0 atom stereocenters. The van der Waals surface area contributed by atoms with Gasteiger partial charge in [0.1, 0.15) is 5.60 Å². The summed E-state index contributed by atoms with van der Waals surface area (Å²) in [5.41, 5.74) is 5.30. The molecule has 0 radical (unpaired) electrons.